The lowest BCUT2D eigenvalue weighted by atomic mass is 9.84. The van der Waals surface area contributed by atoms with Crippen LogP contribution in [0.25, 0.3) is 11.1 Å². The minimum Gasteiger partial charge on any atom is -0.348 e. The molecule has 0 saturated carbocycles. The average Bonchev–Trinajstić information content (AvgIpc) is 3.05. The molecule has 0 aliphatic heterocycles. The smallest absolute Gasteiger partial charge is 0.303 e. The highest BCUT2D eigenvalue weighted by Gasteiger charge is 2.18. The van der Waals surface area contributed by atoms with E-state index in [2.05, 4.69) is 86.9 Å². The molecule has 242 valence electrons. The van der Waals surface area contributed by atoms with Crippen molar-refractivity contribution in [2.75, 3.05) is 0 Å². The van der Waals surface area contributed by atoms with E-state index in [0.717, 1.165) is 44.1 Å². The molecule has 0 fully saturated rings. The first kappa shape index (κ1) is 37.5. The summed E-state index contributed by atoms with van der Waals surface area (Å²) >= 11 is 0. The second kappa shape index (κ2) is 24.6. The molecule has 0 atom stereocenters. The summed E-state index contributed by atoms with van der Waals surface area (Å²) in [6.07, 6.45) is 26.9. The lowest BCUT2D eigenvalue weighted by Gasteiger charge is -2.18. The van der Waals surface area contributed by atoms with E-state index < -0.39 is 0 Å². The predicted molar refractivity (Wildman–Crippen MR) is 193 cm³/mol. The second-order valence-electron chi connectivity index (χ2n) is 12.9. The van der Waals surface area contributed by atoms with E-state index in [1.807, 2.05) is 0 Å². The van der Waals surface area contributed by atoms with E-state index in [0.29, 0.717) is 0 Å². The van der Waals surface area contributed by atoms with Crippen molar-refractivity contribution in [3.05, 3.63) is 87.5 Å². The van der Waals surface area contributed by atoms with Crippen molar-refractivity contribution in [2.45, 2.75) is 169 Å². The summed E-state index contributed by atoms with van der Waals surface area (Å²) in [4.78, 5) is 3.51. The third-order valence-corrected chi connectivity index (χ3v) is 9.03. The third kappa shape index (κ3) is 14.9. The molecule has 2 aromatic rings. The van der Waals surface area contributed by atoms with Gasteiger partial charge in [-0.1, -0.05) is 166 Å². The maximum atomic E-state index is 9.80. The minimum absolute atomic E-state index is 0.912. The zero-order valence-corrected chi connectivity index (χ0v) is 29.1. The molecule has 0 unspecified atom stereocenters. The summed E-state index contributed by atoms with van der Waals surface area (Å²) in [6, 6.07) is 18.7. The van der Waals surface area contributed by atoms with E-state index in [9.17, 15) is 5.53 Å². The number of benzene rings is 2. The van der Waals surface area contributed by atoms with Crippen LogP contribution in [0.5, 0.6) is 0 Å². The Bertz CT molecular complexity index is 1130. The van der Waals surface area contributed by atoms with Gasteiger partial charge in [-0.15, -0.1) is 4.79 Å². The van der Waals surface area contributed by atoms with Gasteiger partial charge < -0.3 is 5.53 Å². The van der Waals surface area contributed by atoms with Crippen LogP contribution in [0.2, 0.25) is 0 Å². The summed E-state index contributed by atoms with van der Waals surface area (Å²) in [7, 11) is 0. The zero-order valence-electron chi connectivity index (χ0n) is 29.1. The van der Waals surface area contributed by atoms with Crippen molar-refractivity contribution in [2.24, 2.45) is 0 Å². The third-order valence-electron chi connectivity index (χ3n) is 9.03. The monoisotopic (exact) mass is 597 g/mol. The van der Waals surface area contributed by atoms with Crippen LogP contribution in [0.4, 0.5) is 0 Å². The number of allylic oxidation sites excluding steroid dienone is 2. The molecule has 0 radical (unpaired) electrons. The lowest BCUT2D eigenvalue weighted by Crippen LogP contribution is -2.02. The van der Waals surface area contributed by atoms with Crippen LogP contribution in [0.1, 0.15) is 178 Å². The van der Waals surface area contributed by atoms with Gasteiger partial charge in [0.2, 0.25) is 0 Å². The fraction of sp³-hybridized carbons (Fsp3) is 0.619. The molecular weight excluding hydrogens is 532 g/mol. The molecule has 0 heterocycles. The Balaban J connectivity index is 2.52. The first-order valence-corrected chi connectivity index (χ1v) is 18.6. The summed E-state index contributed by atoms with van der Waals surface area (Å²) in [5.41, 5.74) is 18.9. The summed E-state index contributed by atoms with van der Waals surface area (Å²) in [5.74, 6) is 3.10. The van der Waals surface area contributed by atoms with Gasteiger partial charge in [0.25, 0.3) is 0 Å². The van der Waals surface area contributed by atoms with Gasteiger partial charge in [0, 0.05) is 0 Å². The van der Waals surface area contributed by atoms with Crippen molar-refractivity contribution in [3.8, 4) is 0 Å². The Kier molecular flexibility index (Phi) is 21.0. The Morgan fingerprint density at radius 2 is 0.909 bits per heavy atom. The van der Waals surface area contributed by atoms with Crippen LogP contribution in [0.15, 0.2) is 59.7 Å². The van der Waals surface area contributed by atoms with Gasteiger partial charge in [0.15, 0.2) is 0 Å². The van der Waals surface area contributed by atoms with Crippen LogP contribution in [-0.4, -0.2) is 10.7 Å². The molecule has 0 amide bonds. The van der Waals surface area contributed by atoms with E-state index in [4.69, 9.17) is 0 Å². The first-order chi connectivity index (χ1) is 21.7. The number of unbranched alkanes of at least 4 members (excludes halogenated alkanes) is 14. The zero-order chi connectivity index (χ0) is 31.7. The summed E-state index contributed by atoms with van der Waals surface area (Å²) < 4.78 is 0. The number of rotatable bonds is 25. The van der Waals surface area contributed by atoms with E-state index >= 15 is 0 Å². The van der Waals surface area contributed by atoms with Crippen molar-refractivity contribution < 1.29 is 4.79 Å². The Morgan fingerprint density at radius 3 is 1.39 bits per heavy atom. The molecular formula is C42H64N2. The normalized spacial score (nSPS) is 11.6. The van der Waals surface area contributed by atoms with Crippen LogP contribution < -0.4 is 0 Å². The highest BCUT2D eigenvalue weighted by atomic mass is 14.8. The molecule has 0 N–H and O–H groups in total. The summed E-state index contributed by atoms with van der Waals surface area (Å²) in [6.45, 7) is 9.09. The van der Waals surface area contributed by atoms with E-state index in [-0.39, 0.29) is 0 Å². The van der Waals surface area contributed by atoms with Crippen molar-refractivity contribution in [1.82, 2.24) is 0 Å². The van der Waals surface area contributed by atoms with Crippen molar-refractivity contribution >= 4 is 11.4 Å². The molecule has 2 nitrogen and oxygen atoms in total. The maximum absolute atomic E-state index is 9.80. The fourth-order valence-corrected chi connectivity index (χ4v) is 6.25. The minimum atomic E-state index is 0.912. The van der Waals surface area contributed by atoms with Crippen LogP contribution in [0.3, 0.4) is 0 Å². The van der Waals surface area contributed by atoms with Crippen LogP contribution in [0, 0.1) is 0 Å². The highest BCUT2D eigenvalue weighted by Crippen LogP contribution is 2.35. The molecule has 0 aliphatic carbocycles. The SMILES string of the molecule is CCCCCCCCC(=C=[N+]=[N-])C(CCCCCCCC)=C(c1ccc(CCCC)cc1)c1ccc(CCCCCC)cc1. The molecule has 0 saturated heterocycles. The van der Waals surface area contributed by atoms with Gasteiger partial charge in [-0.05, 0) is 84.8 Å². The van der Waals surface area contributed by atoms with Crippen molar-refractivity contribution in [1.29, 1.82) is 0 Å². The molecule has 0 bridgehead atoms. The molecule has 0 aliphatic rings. The second-order valence-corrected chi connectivity index (χ2v) is 12.9. The van der Waals surface area contributed by atoms with Gasteiger partial charge in [-0.3, -0.25) is 0 Å². The molecule has 0 spiro atoms. The molecule has 0 aromatic heterocycles. The molecule has 2 rings (SSSR count). The first-order valence-electron chi connectivity index (χ1n) is 18.6. The van der Waals surface area contributed by atoms with Gasteiger partial charge in [-0.2, -0.15) is 0 Å². The van der Waals surface area contributed by atoms with E-state index in [1.54, 1.807) is 0 Å². The number of nitrogens with zero attached hydrogens (tertiary/aromatic N) is 2. The Morgan fingerprint density at radius 1 is 0.500 bits per heavy atom. The largest absolute Gasteiger partial charge is 0.348 e. The highest BCUT2D eigenvalue weighted by molar-refractivity contribution is 5.87. The molecule has 2 aromatic carbocycles. The van der Waals surface area contributed by atoms with Gasteiger partial charge >= 0.3 is 5.87 Å². The lowest BCUT2D eigenvalue weighted by molar-refractivity contribution is 0.00739. The average molecular weight is 597 g/mol. The van der Waals surface area contributed by atoms with Gasteiger partial charge in [-0.25, -0.2) is 0 Å². The van der Waals surface area contributed by atoms with Crippen molar-refractivity contribution in [3.63, 3.8) is 0 Å². The number of hydrogen-bond donors (Lipinski definition) is 0. The van der Waals surface area contributed by atoms with E-state index in [1.165, 1.54) is 136 Å². The number of hydrogen-bond acceptors (Lipinski definition) is 0. The van der Waals surface area contributed by atoms with Crippen LogP contribution >= 0.6 is 0 Å². The maximum Gasteiger partial charge on any atom is 0.303 e. The van der Waals surface area contributed by atoms with Crippen LogP contribution in [-0.2, 0) is 12.8 Å². The topological polar surface area (TPSA) is 36.4 Å². The quantitative estimate of drug-likeness (QED) is 0.0359. The Labute approximate surface area is 272 Å². The fourth-order valence-electron chi connectivity index (χ4n) is 6.25. The molecule has 44 heavy (non-hydrogen) atoms. The van der Waals surface area contributed by atoms with Gasteiger partial charge in [0.05, 0.1) is 5.57 Å². The predicted octanol–water partition coefficient (Wildman–Crippen LogP) is 13.3. The number of aryl methyl sites for hydroxylation is 2. The Hall–Kier alpha value is -2.66. The standard InChI is InChI=1S/C42H64N2/c1-5-9-13-16-18-21-25-40(35-44-43)41(26-22-19-17-14-10-6-2)42(38-31-27-36(28-32-38)23-12-8-4)39-33-29-37(30-34-39)24-20-15-11-7-3/h27-34H,5-26H2,1-4H3. The van der Waals surface area contributed by atoms with Gasteiger partial charge in [0.1, 0.15) is 0 Å². The molecule has 2 heteroatoms. The summed E-state index contributed by atoms with van der Waals surface area (Å²) in [5, 5.41) is 0.